The smallest absolute Gasteiger partial charge is 0.348 e. The molecule has 0 aliphatic carbocycles. The van der Waals surface area contributed by atoms with Gasteiger partial charge in [-0.3, -0.25) is 0 Å². The summed E-state index contributed by atoms with van der Waals surface area (Å²) in [5, 5.41) is 8.63. The van der Waals surface area contributed by atoms with Crippen molar-refractivity contribution in [1.29, 1.82) is 0 Å². The van der Waals surface area contributed by atoms with E-state index in [1.54, 1.807) is 0 Å². The number of aliphatic carboxylic acids is 1. The van der Waals surface area contributed by atoms with Crippen molar-refractivity contribution in [3.05, 3.63) is 28.5 Å². The molecule has 1 aromatic rings. The number of esters is 1. The van der Waals surface area contributed by atoms with Crippen molar-refractivity contribution < 1.29 is 19.4 Å². The zero-order chi connectivity index (χ0) is 10.7. The minimum absolute atomic E-state index is 0.0230. The topological polar surface area (TPSA) is 63.6 Å². The van der Waals surface area contributed by atoms with Crippen LogP contribution in [0, 0.1) is 0 Å². The van der Waals surface area contributed by atoms with Crippen molar-refractivity contribution in [1.82, 2.24) is 0 Å². The summed E-state index contributed by atoms with van der Waals surface area (Å²) in [7, 11) is 1.27. The van der Waals surface area contributed by atoms with E-state index in [2.05, 4.69) is 11.3 Å². The SMILES string of the molecule is C=C(C(=O)O)c1ccc(C(=O)OC)s1. The lowest BCUT2D eigenvalue weighted by Crippen LogP contribution is -1.97. The zero-order valence-corrected chi connectivity index (χ0v) is 8.26. The van der Waals surface area contributed by atoms with Gasteiger partial charge in [-0.2, -0.15) is 0 Å². The lowest BCUT2D eigenvalue weighted by molar-refractivity contribution is -0.130. The summed E-state index contributed by atoms with van der Waals surface area (Å²) >= 11 is 1.05. The number of hydrogen-bond donors (Lipinski definition) is 1. The fourth-order valence-corrected chi connectivity index (χ4v) is 1.70. The predicted molar refractivity (Wildman–Crippen MR) is 52.3 cm³/mol. The first kappa shape index (κ1) is 10.5. The molecule has 0 saturated heterocycles. The first-order valence-corrected chi connectivity index (χ1v) is 4.48. The predicted octanol–water partition coefficient (Wildman–Crippen LogP) is 1.63. The molecule has 0 unspecified atom stereocenters. The van der Waals surface area contributed by atoms with E-state index in [4.69, 9.17) is 5.11 Å². The minimum atomic E-state index is -1.09. The highest BCUT2D eigenvalue weighted by Crippen LogP contribution is 2.23. The second kappa shape index (κ2) is 4.06. The number of carboxylic acids is 1. The van der Waals surface area contributed by atoms with Gasteiger partial charge < -0.3 is 9.84 Å². The van der Waals surface area contributed by atoms with Crippen LogP contribution in [0.4, 0.5) is 0 Å². The van der Waals surface area contributed by atoms with Crippen molar-refractivity contribution in [3.8, 4) is 0 Å². The maximum absolute atomic E-state index is 11.0. The average molecular weight is 212 g/mol. The standard InChI is InChI=1S/C9H8O4S/c1-5(8(10)11)6-3-4-7(14-6)9(12)13-2/h3-4H,1H2,2H3,(H,10,11). The van der Waals surface area contributed by atoms with Crippen LogP contribution >= 0.6 is 11.3 Å². The molecular formula is C9H8O4S. The molecule has 0 saturated carbocycles. The molecule has 5 heteroatoms. The van der Waals surface area contributed by atoms with Crippen LogP contribution in [0.25, 0.3) is 5.57 Å². The fraction of sp³-hybridized carbons (Fsp3) is 0.111. The van der Waals surface area contributed by atoms with Gasteiger partial charge in [-0.15, -0.1) is 11.3 Å². The summed E-state index contributed by atoms with van der Waals surface area (Å²) in [6.07, 6.45) is 0. The molecule has 0 aromatic carbocycles. The van der Waals surface area contributed by atoms with Gasteiger partial charge in [0.2, 0.25) is 0 Å². The van der Waals surface area contributed by atoms with Crippen LogP contribution in [0.2, 0.25) is 0 Å². The van der Waals surface area contributed by atoms with Gasteiger partial charge in [-0.25, -0.2) is 9.59 Å². The lowest BCUT2D eigenvalue weighted by atomic mass is 10.2. The fourth-order valence-electron chi connectivity index (χ4n) is 0.816. The summed E-state index contributed by atoms with van der Waals surface area (Å²) in [6.45, 7) is 3.38. The first-order valence-electron chi connectivity index (χ1n) is 3.67. The Balaban J connectivity index is 2.94. The Morgan fingerprint density at radius 2 is 2.00 bits per heavy atom. The normalized spacial score (nSPS) is 9.50. The molecule has 1 rings (SSSR count). The quantitative estimate of drug-likeness (QED) is 0.611. The Bertz CT molecular complexity index is 391. The van der Waals surface area contributed by atoms with E-state index in [0.717, 1.165) is 11.3 Å². The van der Waals surface area contributed by atoms with Crippen molar-refractivity contribution in [2.24, 2.45) is 0 Å². The second-order valence-corrected chi connectivity index (χ2v) is 3.52. The molecule has 4 nitrogen and oxygen atoms in total. The minimum Gasteiger partial charge on any atom is -0.478 e. The number of methoxy groups -OCH3 is 1. The summed E-state index contributed by atoms with van der Waals surface area (Å²) in [6, 6.07) is 3.05. The van der Waals surface area contributed by atoms with E-state index < -0.39 is 11.9 Å². The Hall–Kier alpha value is -1.62. The van der Waals surface area contributed by atoms with Gasteiger partial charge in [0.05, 0.1) is 12.7 Å². The molecule has 0 aliphatic rings. The Morgan fingerprint density at radius 3 is 2.50 bits per heavy atom. The monoisotopic (exact) mass is 212 g/mol. The molecule has 74 valence electrons. The molecule has 0 fully saturated rings. The van der Waals surface area contributed by atoms with Crippen LogP contribution in [0.5, 0.6) is 0 Å². The van der Waals surface area contributed by atoms with Crippen LogP contribution in [0.3, 0.4) is 0 Å². The number of rotatable bonds is 3. The van der Waals surface area contributed by atoms with Crippen molar-refractivity contribution >= 4 is 28.8 Å². The van der Waals surface area contributed by atoms with E-state index in [-0.39, 0.29) is 5.57 Å². The molecule has 0 aliphatic heterocycles. The third kappa shape index (κ3) is 2.00. The van der Waals surface area contributed by atoms with Crippen molar-refractivity contribution in [2.45, 2.75) is 0 Å². The number of carboxylic acid groups (broad SMARTS) is 1. The van der Waals surface area contributed by atoms with Crippen molar-refractivity contribution in [3.63, 3.8) is 0 Å². The van der Waals surface area contributed by atoms with Gasteiger partial charge in [-0.05, 0) is 12.1 Å². The number of hydrogen-bond acceptors (Lipinski definition) is 4. The summed E-state index contributed by atoms with van der Waals surface area (Å²) in [5.41, 5.74) is -0.0230. The zero-order valence-electron chi connectivity index (χ0n) is 7.44. The highest BCUT2D eigenvalue weighted by molar-refractivity contribution is 7.15. The molecule has 0 amide bonds. The number of carbonyl (C=O) groups excluding carboxylic acids is 1. The van der Waals surface area contributed by atoms with Crippen LogP contribution in [-0.2, 0) is 9.53 Å². The summed E-state index contributed by atoms with van der Waals surface area (Å²) in [4.78, 5) is 22.4. The largest absolute Gasteiger partial charge is 0.478 e. The summed E-state index contributed by atoms with van der Waals surface area (Å²) < 4.78 is 4.48. The van der Waals surface area contributed by atoms with E-state index in [1.807, 2.05) is 0 Å². The molecule has 0 bridgehead atoms. The number of carbonyl (C=O) groups is 2. The van der Waals surface area contributed by atoms with Crippen LogP contribution in [-0.4, -0.2) is 24.2 Å². The van der Waals surface area contributed by atoms with Gasteiger partial charge >= 0.3 is 11.9 Å². The molecule has 0 radical (unpaired) electrons. The lowest BCUT2D eigenvalue weighted by Gasteiger charge is -1.94. The van der Waals surface area contributed by atoms with Gasteiger partial charge in [0.15, 0.2) is 0 Å². The highest BCUT2D eigenvalue weighted by atomic mass is 32.1. The van der Waals surface area contributed by atoms with Gasteiger partial charge in [-0.1, -0.05) is 6.58 Å². The molecule has 14 heavy (non-hydrogen) atoms. The molecule has 0 spiro atoms. The van der Waals surface area contributed by atoms with E-state index in [9.17, 15) is 9.59 Å². The van der Waals surface area contributed by atoms with Gasteiger partial charge in [0.25, 0.3) is 0 Å². The van der Waals surface area contributed by atoms with Crippen LogP contribution < -0.4 is 0 Å². The molecular weight excluding hydrogens is 204 g/mol. The molecule has 1 heterocycles. The second-order valence-electron chi connectivity index (χ2n) is 2.44. The van der Waals surface area contributed by atoms with E-state index >= 15 is 0 Å². The third-order valence-electron chi connectivity index (χ3n) is 1.55. The third-order valence-corrected chi connectivity index (χ3v) is 2.67. The van der Waals surface area contributed by atoms with Crippen molar-refractivity contribution in [2.75, 3.05) is 7.11 Å². The number of thiophene rings is 1. The number of ether oxygens (including phenoxy) is 1. The maximum atomic E-state index is 11.0. The highest BCUT2D eigenvalue weighted by Gasteiger charge is 2.13. The molecule has 0 atom stereocenters. The van der Waals surface area contributed by atoms with E-state index in [1.165, 1.54) is 19.2 Å². The first-order chi connectivity index (χ1) is 6.56. The van der Waals surface area contributed by atoms with E-state index in [0.29, 0.717) is 9.75 Å². The Kier molecular flexibility index (Phi) is 3.03. The average Bonchev–Trinajstić information content (AvgIpc) is 2.64. The van der Waals surface area contributed by atoms with Crippen LogP contribution in [0.15, 0.2) is 18.7 Å². The Labute approximate surface area is 84.4 Å². The van der Waals surface area contributed by atoms with Gasteiger partial charge in [0.1, 0.15) is 4.88 Å². The Morgan fingerprint density at radius 1 is 1.43 bits per heavy atom. The molecule has 1 aromatic heterocycles. The van der Waals surface area contributed by atoms with Crippen LogP contribution in [0.1, 0.15) is 14.5 Å². The summed E-state index contributed by atoms with van der Waals surface area (Å²) in [5.74, 6) is -1.57. The maximum Gasteiger partial charge on any atom is 0.348 e. The molecule has 1 N–H and O–H groups in total. The van der Waals surface area contributed by atoms with Gasteiger partial charge in [0, 0.05) is 4.88 Å².